The first-order chi connectivity index (χ1) is 7.15. The minimum Gasteiger partial charge on any atom is -0.399 e. The van der Waals surface area contributed by atoms with Gasteiger partial charge in [0.1, 0.15) is 0 Å². The molecule has 82 valence electrons. The van der Waals surface area contributed by atoms with E-state index in [-0.39, 0.29) is 0 Å². The molecule has 1 nitrogen and oxygen atoms in total. The maximum atomic E-state index is 5.80. The third-order valence-corrected chi connectivity index (χ3v) is 2.62. The quantitative estimate of drug-likeness (QED) is 0.727. The van der Waals surface area contributed by atoms with E-state index in [1.54, 1.807) is 0 Å². The molecular formula is C14H21N. The normalized spacial score (nSPS) is 10.1. The van der Waals surface area contributed by atoms with Crippen LogP contribution in [0.2, 0.25) is 0 Å². The Balaban J connectivity index is 2.95. The van der Waals surface area contributed by atoms with Crippen molar-refractivity contribution in [3.8, 4) is 0 Å². The molecule has 0 fully saturated rings. The summed E-state index contributed by atoms with van der Waals surface area (Å²) in [6.45, 7) is 6.57. The van der Waals surface area contributed by atoms with Crippen LogP contribution in [-0.2, 0) is 0 Å². The Labute approximate surface area is 93.0 Å². The molecule has 0 aliphatic rings. The summed E-state index contributed by atoms with van der Waals surface area (Å²) in [7, 11) is 0. The fourth-order valence-corrected chi connectivity index (χ4v) is 1.76. The second kappa shape index (κ2) is 5.59. The highest BCUT2D eigenvalue weighted by Gasteiger charge is 2.03. The van der Waals surface area contributed by atoms with Crippen LogP contribution < -0.4 is 5.73 Å². The molecule has 0 atom stereocenters. The summed E-state index contributed by atoms with van der Waals surface area (Å²) in [4.78, 5) is 0. The minimum absolute atomic E-state index is 0.850. The van der Waals surface area contributed by atoms with Crippen LogP contribution in [0.1, 0.15) is 45.6 Å². The lowest BCUT2D eigenvalue weighted by Gasteiger charge is -2.10. The van der Waals surface area contributed by atoms with Crippen molar-refractivity contribution in [2.75, 3.05) is 5.73 Å². The van der Waals surface area contributed by atoms with Gasteiger partial charge in [0.15, 0.2) is 0 Å². The number of allylic oxidation sites excluding steroid dienone is 2. The number of anilines is 1. The summed E-state index contributed by atoms with van der Waals surface area (Å²) in [5.74, 6) is 0. The average Bonchev–Trinajstić information content (AvgIpc) is 2.18. The molecule has 1 heteroatoms. The van der Waals surface area contributed by atoms with Gasteiger partial charge in [0.2, 0.25) is 0 Å². The summed E-state index contributed by atoms with van der Waals surface area (Å²) < 4.78 is 0. The Hall–Kier alpha value is -1.24. The second-order valence-electron chi connectivity index (χ2n) is 4.21. The van der Waals surface area contributed by atoms with Crippen molar-refractivity contribution in [1.29, 1.82) is 0 Å². The lowest BCUT2D eigenvalue weighted by Crippen LogP contribution is -1.91. The van der Waals surface area contributed by atoms with E-state index in [4.69, 9.17) is 5.73 Å². The molecule has 0 unspecified atom stereocenters. The molecule has 1 aromatic carbocycles. The van der Waals surface area contributed by atoms with E-state index in [1.807, 2.05) is 12.1 Å². The van der Waals surface area contributed by atoms with Crippen LogP contribution in [-0.4, -0.2) is 0 Å². The van der Waals surface area contributed by atoms with Crippen LogP contribution in [0.25, 0.3) is 5.57 Å². The predicted molar refractivity (Wildman–Crippen MR) is 68.6 cm³/mol. The van der Waals surface area contributed by atoms with Gasteiger partial charge < -0.3 is 5.73 Å². The van der Waals surface area contributed by atoms with Gasteiger partial charge in [-0.2, -0.15) is 0 Å². The molecule has 0 spiro atoms. The van der Waals surface area contributed by atoms with E-state index < -0.39 is 0 Å². The average molecular weight is 203 g/mol. The zero-order valence-electron chi connectivity index (χ0n) is 10.0. The standard InChI is InChI=1S/C14H21N/c1-4-5-9-14(11(2)3)12-7-6-8-13(15)10-12/h6-8,10H,4-5,9,15H2,1-3H3. The summed E-state index contributed by atoms with van der Waals surface area (Å²) in [6, 6.07) is 8.18. The Kier molecular flexibility index (Phi) is 4.41. The number of nitrogen functional groups attached to an aromatic ring is 1. The molecule has 2 N–H and O–H groups in total. The first-order valence-corrected chi connectivity index (χ1v) is 5.67. The SMILES string of the molecule is CCCCC(=C(C)C)c1cccc(N)c1. The largest absolute Gasteiger partial charge is 0.399 e. The summed E-state index contributed by atoms with van der Waals surface area (Å²) in [6.07, 6.45) is 3.64. The van der Waals surface area contributed by atoms with Crippen molar-refractivity contribution in [3.05, 3.63) is 35.4 Å². The number of nitrogens with two attached hydrogens (primary N) is 1. The maximum absolute atomic E-state index is 5.80. The summed E-state index contributed by atoms with van der Waals surface area (Å²) in [5, 5.41) is 0. The highest BCUT2D eigenvalue weighted by Crippen LogP contribution is 2.25. The lowest BCUT2D eigenvalue weighted by molar-refractivity contribution is 0.821. The topological polar surface area (TPSA) is 26.0 Å². The molecule has 0 aliphatic carbocycles. The molecule has 0 aliphatic heterocycles. The Bertz CT molecular complexity index is 346. The van der Waals surface area contributed by atoms with Crippen LogP contribution in [0.5, 0.6) is 0 Å². The second-order valence-corrected chi connectivity index (χ2v) is 4.21. The highest BCUT2D eigenvalue weighted by molar-refractivity contribution is 5.70. The molecule has 0 bridgehead atoms. The number of benzene rings is 1. The zero-order chi connectivity index (χ0) is 11.3. The molecule has 0 heterocycles. The molecule has 1 aromatic rings. The molecule has 0 amide bonds. The van der Waals surface area contributed by atoms with E-state index in [0.29, 0.717) is 0 Å². The Morgan fingerprint density at radius 3 is 2.53 bits per heavy atom. The Morgan fingerprint density at radius 1 is 1.27 bits per heavy atom. The van der Waals surface area contributed by atoms with Gasteiger partial charge in [-0.25, -0.2) is 0 Å². The van der Waals surface area contributed by atoms with Gasteiger partial charge in [-0.15, -0.1) is 0 Å². The van der Waals surface area contributed by atoms with Gasteiger partial charge in [-0.3, -0.25) is 0 Å². The van der Waals surface area contributed by atoms with Crippen LogP contribution in [0.3, 0.4) is 0 Å². The van der Waals surface area contributed by atoms with Crippen LogP contribution in [0, 0.1) is 0 Å². The molecule has 0 saturated carbocycles. The monoisotopic (exact) mass is 203 g/mol. The smallest absolute Gasteiger partial charge is 0.0320 e. The number of hydrogen-bond acceptors (Lipinski definition) is 1. The lowest BCUT2D eigenvalue weighted by atomic mass is 9.96. The molecule has 0 saturated heterocycles. The fourth-order valence-electron chi connectivity index (χ4n) is 1.76. The van der Waals surface area contributed by atoms with Crippen molar-refractivity contribution in [2.45, 2.75) is 40.0 Å². The predicted octanol–water partition coefficient (Wildman–Crippen LogP) is 4.25. The van der Waals surface area contributed by atoms with Crippen molar-refractivity contribution in [2.24, 2.45) is 0 Å². The number of unbranched alkanes of at least 4 members (excludes halogenated alkanes) is 1. The van der Waals surface area contributed by atoms with Crippen molar-refractivity contribution >= 4 is 11.3 Å². The van der Waals surface area contributed by atoms with Gasteiger partial charge in [0, 0.05) is 5.69 Å². The van der Waals surface area contributed by atoms with E-state index >= 15 is 0 Å². The van der Waals surface area contributed by atoms with Crippen LogP contribution in [0.4, 0.5) is 5.69 Å². The highest BCUT2D eigenvalue weighted by atomic mass is 14.5. The summed E-state index contributed by atoms with van der Waals surface area (Å²) in [5.41, 5.74) is 10.8. The van der Waals surface area contributed by atoms with Crippen molar-refractivity contribution in [1.82, 2.24) is 0 Å². The Morgan fingerprint density at radius 2 is 2.00 bits per heavy atom. The third-order valence-electron chi connectivity index (χ3n) is 2.62. The van der Waals surface area contributed by atoms with Gasteiger partial charge in [0.25, 0.3) is 0 Å². The van der Waals surface area contributed by atoms with E-state index in [2.05, 4.69) is 32.9 Å². The first-order valence-electron chi connectivity index (χ1n) is 5.67. The molecule has 1 rings (SSSR count). The molecule has 0 radical (unpaired) electrons. The van der Waals surface area contributed by atoms with Gasteiger partial charge in [-0.05, 0) is 50.0 Å². The van der Waals surface area contributed by atoms with E-state index in [0.717, 1.165) is 12.1 Å². The van der Waals surface area contributed by atoms with E-state index in [9.17, 15) is 0 Å². The van der Waals surface area contributed by atoms with E-state index in [1.165, 1.54) is 29.6 Å². The van der Waals surface area contributed by atoms with Crippen LogP contribution >= 0.6 is 0 Å². The minimum atomic E-state index is 0.850. The zero-order valence-corrected chi connectivity index (χ0v) is 10.0. The third kappa shape index (κ3) is 3.43. The fraction of sp³-hybridized carbons (Fsp3) is 0.429. The summed E-state index contributed by atoms with van der Waals surface area (Å²) >= 11 is 0. The number of rotatable bonds is 4. The molecule has 15 heavy (non-hydrogen) atoms. The molecule has 0 aromatic heterocycles. The van der Waals surface area contributed by atoms with Gasteiger partial charge >= 0.3 is 0 Å². The van der Waals surface area contributed by atoms with Crippen molar-refractivity contribution < 1.29 is 0 Å². The van der Waals surface area contributed by atoms with Gasteiger partial charge in [-0.1, -0.05) is 31.1 Å². The van der Waals surface area contributed by atoms with Crippen molar-refractivity contribution in [3.63, 3.8) is 0 Å². The van der Waals surface area contributed by atoms with Crippen LogP contribution in [0.15, 0.2) is 29.8 Å². The van der Waals surface area contributed by atoms with Gasteiger partial charge in [0.05, 0.1) is 0 Å². The molecular weight excluding hydrogens is 182 g/mol. The number of hydrogen-bond donors (Lipinski definition) is 1. The maximum Gasteiger partial charge on any atom is 0.0320 e. The first kappa shape index (κ1) is 11.8.